The topological polar surface area (TPSA) is 51.0 Å². The van der Waals surface area contributed by atoms with Crippen LogP contribution in [-0.4, -0.2) is 75.1 Å². The summed E-state index contributed by atoms with van der Waals surface area (Å²) in [6.45, 7) is 7.97. The Bertz CT molecular complexity index is 236. The summed E-state index contributed by atoms with van der Waals surface area (Å²) in [7, 11) is 5.49. The van der Waals surface area contributed by atoms with E-state index in [0.717, 1.165) is 19.6 Å². The molecule has 0 aromatic carbocycles. The zero-order chi connectivity index (χ0) is 13.1. The van der Waals surface area contributed by atoms with Crippen molar-refractivity contribution in [2.24, 2.45) is 5.73 Å². The Morgan fingerprint density at radius 3 is 2.35 bits per heavy atom. The minimum Gasteiger partial charge on any atom is -0.354 e. The maximum Gasteiger partial charge on any atom is 0.176 e. The fourth-order valence-electron chi connectivity index (χ4n) is 2.85. The van der Waals surface area contributed by atoms with Crippen molar-refractivity contribution in [1.29, 1.82) is 0 Å². The van der Waals surface area contributed by atoms with Gasteiger partial charge in [0.25, 0.3) is 0 Å². The van der Waals surface area contributed by atoms with Crippen LogP contribution in [0.25, 0.3) is 0 Å². The molecule has 0 radical (unpaired) electrons. The molecule has 102 valence electrons. The van der Waals surface area contributed by atoms with E-state index in [9.17, 15) is 0 Å². The fraction of sp³-hybridized carbons (Fsp3) is 1.00. The van der Waals surface area contributed by atoms with Gasteiger partial charge in [0.15, 0.2) is 6.29 Å². The molecule has 0 aliphatic carbocycles. The van der Waals surface area contributed by atoms with Crippen LogP contribution in [0.1, 0.15) is 13.8 Å². The van der Waals surface area contributed by atoms with Crippen molar-refractivity contribution in [3.63, 3.8) is 0 Å². The Hall–Kier alpha value is -0.200. The highest BCUT2D eigenvalue weighted by Gasteiger charge is 2.43. The third kappa shape index (κ3) is 2.98. The lowest BCUT2D eigenvalue weighted by Gasteiger charge is -2.50. The van der Waals surface area contributed by atoms with Gasteiger partial charge in [-0.15, -0.1) is 0 Å². The van der Waals surface area contributed by atoms with Crippen molar-refractivity contribution in [2.45, 2.75) is 31.7 Å². The Balaban J connectivity index is 2.84. The summed E-state index contributed by atoms with van der Waals surface area (Å²) >= 11 is 0. The molecule has 0 amide bonds. The molecule has 0 bridgehead atoms. The van der Waals surface area contributed by atoms with Crippen LogP contribution in [0.2, 0.25) is 0 Å². The average molecular weight is 245 g/mol. The lowest BCUT2D eigenvalue weighted by Crippen LogP contribution is -2.67. The van der Waals surface area contributed by atoms with Gasteiger partial charge in [0, 0.05) is 46.4 Å². The normalized spacial score (nSPS) is 27.4. The number of hydrogen-bond donors (Lipinski definition) is 1. The number of rotatable bonds is 5. The van der Waals surface area contributed by atoms with Crippen molar-refractivity contribution in [1.82, 2.24) is 9.80 Å². The third-order valence-corrected chi connectivity index (χ3v) is 3.84. The summed E-state index contributed by atoms with van der Waals surface area (Å²) < 4.78 is 10.9. The molecule has 17 heavy (non-hydrogen) atoms. The standard InChI is InChI=1S/C12H27N3O2/c1-10-8-14(3)6-7-15(10)12(2,9-13)11(16-4)17-5/h10-11H,6-9,13H2,1-5H3. The Morgan fingerprint density at radius 2 is 1.94 bits per heavy atom. The van der Waals surface area contributed by atoms with E-state index >= 15 is 0 Å². The molecule has 0 saturated carbocycles. The van der Waals surface area contributed by atoms with E-state index in [1.807, 2.05) is 0 Å². The van der Waals surface area contributed by atoms with E-state index in [2.05, 4.69) is 30.7 Å². The van der Waals surface area contributed by atoms with Crippen LogP contribution in [0.4, 0.5) is 0 Å². The van der Waals surface area contributed by atoms with Crippen molar-refractivity contribution in [3.05, 3.63) is 0 Å². The molecule has 1 fully saturated rings. The highest BCUT2D eigenvalue weighted by molar-refractivity contribution is 4.96. The first-order chi connectivity index (χ1) is 7.99. The van der Waals surface area contributed by atoms with Gasteiger partial charge in [-0.1, -0.05) is 0 Å². The van der Waals surface area contributed by atoms with E-state index in [1.54, 1.807) is 14.2 Å². The molecule has 0 aromatic heterocycles. The molecule has 1 aliphatic heterocycles. The molecule has 2 N–H and O–H groups in total. The summed E-state index contributed by atoms with van der Waals surface area (Å²) in [5.74, 6) is 0. The van der Waals surface area contributed by atoms with Crippen molar-refractivity contribution < 1.29 is 9.47 Å². The number of nitrogens with zero attached hydrogens (tertiary/aromatic N) is 2. The fourth-order valence-corrected chi connectivity index (χ4v) is 2.85. The van der Waals surface area contributed by atoms with Gasteiger partial charge in [0.2, 0.25) is 0 Å². The van der Waals surface area contributed by atoms with E-state index in [1.165, 1.54) is 0 Å². The van der Waals surface area contributed by atoms with E-state index < -0.39 is 0 Å². The number of methoxy groups -OCH3 is 2. The van der Waals surface area contributed by atoms with Crippen molar-refractivity contribution in [3.8, 4) is 0 Å². The second-order valence-electron chi connectivity index (χ2n) is 5.17. The predicted octanol–water partition coefficient (Wildman–Crippen LogP) is -0.0414. The zero-order valence-electron chi connectivity index (χ0n) is 11.8. The van der Waals surface area contributed by atoms with Crippen LogP contribution in [0.15, 0.2) is 0 Å². The smallest absolute Gasteiger partial charge is 0.176 e. The zero-order valence-corrected chi connectivity index (χ0v) is 11.8. The SMILES string of the molecule is COC(OC)C(C)(CN)N1CCN(C)CC1C. The number of nitrogens with two attached hydrogens (primary N) is 1. The first-order valence-corrected chi connectivity index (χ1v) is 6.20. The van der Waals surface area contributed by atoms with E-state index in [-0.39, 0.29) is 11.8 Å². The van der Waals surface area contributed by atoms with Crippen LogP contribution in [0.5, 0.6) is 0 Å². The van der Waals surface area contributed by atoms with Gasteiger partial charge in [0.05, 0.1) is 5.54 Å². The van der Waals surface area contributed by atoms with Crippen LogP contribution in [0.3, 0.4) is 0 Å². The van der Waals surface area contributed by atoms with Gasteiger partial charge < -0.3 is 20.1 Å². The maximum atomic E-state index is 5.97. The molecule has 0 aromatic rings. The van der Waals surface area contributed by atoms with Crippen molar-refractivity contribution in [2.75, 3.05) is 47.4 Å². The Morgan fingerprint density at radius 1 is 1.35 bits per heavy atom. The molecular weight excluding hydrogens is 218 g/mol. The highest BCUT2D eigenvalue weighted by Crippen LogP contribution is 2.26. The lowest BCUT2D eigenvalue weighted by molar-refractivity contribution is -0.192. The largest absolute Gasteiger partial charge is 0.354 e. The minimum atomic E-state index is -0.293. The second-order valence-corrected chi connectivity index (χ2v) is 5.17. The van der Waals surface area contributed by atoms with E-state index in [4.69, 9.17) is 15.2 Å². The molecule has 1 heterocycles. The monoisotopic (exact) mass is 245 g/mol. The molecule has 2 unspecified atom stereocenters. The third-order valence-electron chi connectivity index (χ3n) is 3.84. The summed E-state index contributed by atoms with van der Waals surface area (Å²) in [6, 6.07) is 0.454. The van der Waals surface area contributed by atoms with Crippen LogP contribution < -0.4 is 5.73 Å². The quantitative estimate of drug-likeness (QED) is 0.689. The second kappa shape index (κ2) is 6.11. The number of piperazine rings is 1. The van der Waals surface area contributed by atoms with Gasteiger partial charge in [-0.25, -0.2) is 0 Å². The molecule has 0 spiro atoms. The molecule has 2 atom stereocenters. The number of ether oxygens (including phenoxy) is 2. The number of hydrogen-bond acceptors (Lipinski definition) is 5. The summed E-state index contributed by atoms with van der Waals surface area (Å²) in [5.41, 5.74) is 5.70. The number of likely N-dealkylation sites (N-methyl/N-ethyl adjacent to an activating group) is 1. The Kier molecular flexibility index (Phi) is 5.34. The average Bonchev–Trinajstić information content (AvgIpc) is 2.30. The summed E-state index contributed by atoms with van der Waals surface area (Å²) in [5, 5.41) is 0. The maximum absolute atomic E-state index is 5.97. The first kappa shape index (κ1) is 14.9. The molecule has 1 saturated heterocycles. The molecular formula is C12H27N3O2. The van der Waals surface area contributed by atoms with Crippen LogP contribution >= 0.6 is 0 Å². The van der Waals surface area contributed by atoms with Gasteiger partial charge >= 0.3 is 0 Å². The summed E-state index contributed by atoms with van der Waals surface area (Å²) in [6.07, 6.45) is -0.293. The minimum absolute atomic E-state index is 0.274. The highest BCUT2D eigenvalue weighted by atomic mass is 16.7. The van der Waals surface area contributed by atoms with Gasteiger partial charge in [-0.3, -0.25) is 4.90 Å². The predicted molar refractivity (Wildman–Crippen MR) is 68.9 cm³/mol. The van der Waals surface area contributed by atoms with E-state index in [0.29, 0.717) is 12.6 Å². The van der Waals surface area contributed by atoms with Crippen molar-refractivity contribution >= 4 is 0 Å². The molecule has 1 aliphatic rings. The van der Waals surface area contributed by atoms with Crippen LogP contribution in [0, 0.1) is 0 Å². The lowest BCUT2D eigenvalue weighted by atomic mass is 9.95. The van der Waals surface area contributed by atoms with Gasteiger partial charge in [-0.2, -0.15) is 0 Å². The van der Waals surface area contributed by atoms with Gasteiger partial charge in [0.1, 0.15) is 0 Å². The Labute approximate surface area is 105 Å². The first-order valence-electron chi connectivity index (χ1n) is 6.20. The summed E-state index contributed by atoms with van der Waals surface area (Å²) in [4.78, 5) is 4.75. The molecule has 5 heteroatoms. The molecule has 1 rings (SSSR count). The molecule has 5 nitrogen and oxygen atoms in total. The van der Waals surface area contributed by atoms with Crippen LogP contribution in [-0.2, 0) is 9.47 Å². The van der Waals surface area contributed by atoms with Gasteiger partial charge in [-0.05, 0) is 20.9 Å².